The largest absolute Gasteiger partial charge is 0.506 e. The molecule has 0 aromatic heterocycles. The van der Waals surface area contributed by atoms with Gasteiger partial charge in [-0.25, -0.2) is 0 Å². The average molecular weight is 262 g/mol. The molecule has 0 aliphatic rings. The van der Waals surface area contributed by atoms with Gasteiger partial charge in [0.15, 0.2) is 0 Å². The van der Waals surface area contributed by atoms with Gasteiger partial charge in [-0.1, -0.05) is 0 Å². The topological polar surface area (TPSA) is 63.9 Å². The number of nitrogens with zero attached hydrogens (tertiary/aromatic N) is 1. The summed E-state index contributed by atoms with van der Waals surface area (Å²) in [6.07, 6.45) is 0. The van der Waals surface area contributed by atoms with Crippen LogP contribution in [0.2, 0.25) is 0 Å². The third kappa shape index (κ3) is 2.17. The van der Waals surface area contributed by atoms with Gasteiger partial charge in [0, 0.05) is 12.6 Å². The molecule has 3 N–H and O–H groups in total. The first-order valence-electron chi connectivity index (χ1n) is 4.03. The van der Waals surface area contributed by atoms with E-state index in [1.54, 1.807) is 13.0 Å². The molecule has 14 heavy (non-hydrogen) atoms. The van der Waals surface area contributed by atoms with Gasteiger partial charge in [0.1, 0.15) is 16.0 Å². The Morgan fingerprint density at radius 1 is 1.36 bits per heavy atom. The summed E-state index contributed by atoms with van der Waals surface area (Å²) >= 11 is 3.07. The highest BCUT2D eigenvalue weighted by Crippen LogP contribution is 2.38. The molecule has 0 amide bonds. The van der Waals surface area contributed by atoms with E-state index in [-0.39, 0.29) is 22.5 Å². The summed E-state index contributed by atoms with van der Waals surface area (Å²) in [6.45, 7) is 1.92. The van der Waals surface area contributed by atoms with Crippen molar-refractivity contribution in [1.29, 1.82) is 0 Å². The molecule has 0 unspecified atom stereocenters. The highest BCUT2D eigenvalue weighted by molar-refractivity contribution is 9.10. The van der Waals surface area contributed by atoms with Gasteiger partial charge < -0.3 is 15.4 Å². The quantitative estimate of drug-likeness (QED) is 0.713. The maximum Gasteiger partial charge on any atom is 0.138 e. The molecule has 1 aromatic rings. The number of aryl methyl sites for hydroxylation is 1. The van der Waals surface area contributed by atoms with Gasteiger partial charge in [0.05, 0.1) is 6.54 Å². The standard InChI is InChI=1S/C9H12BrNO3/c1-5-3-6(4-11(2)14)9(13)7(10)8(5)12/h3,12-14H,4H2,1-2H3. The Balaban J connectivity index is 3.19. The maximum absolute atomic E-state index is 9.61. The lowest BCUT2D eigenvalue weighted by molar-refractivity contribution is -0.0735. The Kier molecular flexibility index (Phi) is 3.36. The summed E-state index contributed by atoms with van der Waals surface area (Å²) in [5.41, 5.74) is 1.20. The monoisotopic (exact) mass is 261 g/mol. The first-order valence-corrected chi connectivity index (χ1v) is 4.82. The molecule has 5 heteroatoms. The highest BCUT2D eigenvalue weighted by Gasteiger charge is 2.13. The van der Waals surface area contributed by atoms with E-state index in [2.05, 4.69) is 15.9 Å². The fourth-order valence-electron chi connectivity index (χ4n) is 1.19. The van der Waals surface area contributed by atoms with Crippen LogP contribution in [0.5, 0.6) is 11.5 Å². The van der Waals surface area contributed by atoms with E-state index in [4.69, 9.17) is 5.21 Å². The summed E-state index contributed by atoms with van der Waals surface area (Å²) in [5.74, 6) is -0.0270. The van der Waals surface area contributed by atoms with E-state index in [1.165, 1.54) is 7.05 Å². The Morgan fingerprint density at radius 3 is 2.43 bits per heavy atom. The second-order valence-electron chi connectivity index (χ2n) is 3.18. The number of hydroxylamine groups is 2. The molecular formula is C9H12BrNO3. The molecule has 0 aliphatic heterocycles. The molecule has 4 nitrogen and oxygen atoms in total. The Morgan fingerprint density at radius 2 is 1.93 bits per heavy atom. The van der Waals surface area contributed by atoms with Crippen molar-refractivity contribution in [3.8, 4) is 11.5 Å². The van der Waals surface area contributed by atoms with Crippen LogP contribution in [-0.2, 0) is 6.54 Å². The summed E-state index contributed by atoms with van der Waals surface area (Å²) < 4.78 is 0.259. The number of hydrogen-bond donors (Lipinski definition) is 3. The predicted octanol–water partition coefficient (Wildman–Crippen LogP) is 1.99. The molecular weight excluding hydrogens is 250 g/mol. The molecule has 0 fully saturated rings. The zero-order valence-corrected chi connectivity index (χ0v) is 9.54. The van der Waals surface area contributed by atoms with E-state index in [0.717, 1.165) is 5.06 Å². The van der Waals surface area contributed by atoms with Crippen LogP contribution < -0.4 is 0 Å². The number of benzene rings is 1. The van der Waals surface area contributed by atoms with E-state index in [9.17, 15) is 10.2 Å². The van der Waals surface area contributed by atoms with E-state index in [1.807, 2.05) is 0 Å². The molecule has 0 bridgehead atoms. The fraction of sp³-hybridized carbons (Fsp3) is 0.333. The first kappa shape index (κ1) is 11.3. The fourth-order valence-corrected chi connectivity index (χ4v) is 1.76. The Hall–Kier alpha value is -0.780. The van der Waals surface area contributed by atoms with Crippen LogP contribution in [0, 0.1) is 6.92 Å². The third-order valence-corrected chi connectivity index (χ3v) is 2.63. The normalized spacial score (nSPS) is 10.9. The van der Waals surface area contributed by atoms with Gasteiger partial charge in [0.2, 0.25) is 0 Å². The molecule has 0 aliphatic carbocycles. The average Bonchev–Trinajstić information content (AvgIpc) is 2.10. The Bertz CT molecular complexity index is 352. The molecule has 1 aromatic carbocycles. The molecule has 0 saturated heterocycles. The summed E-state index contributed by atoms with van der Waals surface area (Å²) in [6, 6.07) is 1.63. The lowest BCUT2D eigenvalue weighted by Gasteiger charge is -2.13. The molecule has 0 radical (unpaired) electrons. The number of hydrogen-bond acceptors (Lipinski definition) is 4. The van der Waals surface area contributed by atoms with Crippen molar-refractivity contribution in [2.75, 3.05) is 7.05 Å². The minimum Gasteiger partial charge on any atom is -0.506 e. The summed E-state index contributed by atoms with van der Waals surface area (Å²) in [4.78, 5) is 0. The molecule has 0 saturated carbocycles. The smallest absolute Gasteiger partial charge is 0.138 e. The minimum atomic E-state index is -0.0472. The van der Waals surface area contributed by atoms with Crippen LogP contribution in [0.4, 0.5) is 0 Å². The predicted molar refractivity (Wildman–Crippen MR) is 55.5 cm³/mol. The highest BCUT2D eigenvalue weighted by atomic mass is 79.9. The second-order valence-corrected chi connectivity index (χ2v) is 3.97. The van der Waals surface area contributed by atoms with Crippen molar-refractivity contribution >= 4 is 15.9 Å². The van der Waals surface area contributed by atoms with Crippen molar-refractivity contribution < 1.29 is 15.4 Å². The van der Waals surface area contributed by atoms with Crippen LogP contribution in [-0.4, -0.2) is 27.5 Å². The zero-order chi connectivity index (χ0) is 10.9. The van der Waals surface area contributed by atoms with Crippen LogP contribution >= 0.6 is 15.9 Å². The van der Waals surface area contributed by atoms with Gasteiger partial charge in [0.25, 0.3) is 0 Å². The van der Waals surface area contributed by atoms with Crippen LogP contribution in [0.1, 0.15) is 11.1 Å². The number of aromatic hydroxyl groups is 2. The van der Waals surface area contributed by atoms with Gasteiger partial charge in [-0.05, 0) is 34.5 Å². The molecule has 1 rings (SSSR count). The van der Waals surface area contributed by atoms with Gasteiger partial charge in [-0.3, -0.25) is 0 Å². The zero-order valence-electron chi connectivity index (χ0n) is 7.95. The van der Waals surface area contributed by atoms with Crippen LogP contribution in [0.3, 0.4) is 0 Å². The molecule has 0 heterocycles. The van der Waals surface area contributed by atoms with E-state index in [0.29, 0.717) is 11.1 Å². The third-order valence-electron chi connectivity index (χ3n) is 1.88. The number of phenols is 2. The van der Waals surface area contributed by atoms with Crippen molar-refractivity contribution in [3.05, 3.63) is 21.7 Å². The van der Waals surface area contributed by atoms with Gasteiger partial charge >= 0.3 is 0 Å². The SMILES string of the molecule is Cc1cc(CN(C)O)c(O)c(Br)c1O. The van der Waals surface area contributed by atoms with E-state index < -0.39 is 0 Å². The van der Waals surface area contributed by atoms with Gasteiger partial charge in [-0.15, -0.1) is 0 Å². The second kappa shape index (κ2) is 4.16. The lowest BCUT2D eigenvalue weighted by Crippen LogP contribution is -2.12. The van der Waals surface area contributed by atoms with Gasteiger partial charge in [-0.2, -0.15) is 5.06 Å². The van der Waals surface area contributed by atoms with Crippen molar-refractivity contribution in [2.24, 2.45) is 0 Å². The Labute approximate surface area is 90.5 Å². The molecule has 0 spiro atoms. The number of phenolic OH excluding ortho intramolecular Hbond substituents is 2. The first-order chi connectivity index (χ1) is 6.43. The maximum atomic E-state index is 9.61. The minimum absolute atomic E-state index is 0.0202. The lowest BCUT2D eigenvalue weighted by atomic mass is 10.1. The van der Waals surface area contributed by atoms with Crippen LogP contribution in [0.25, 0.3) is 0 Å². The van der Waals surface area contributed by atoms with Crippen molar-refractivity contribution in [2.45, 2.75) is 13.5 Å². The summed E-state index contributed by atoms with van der Waals surface area (Å²) in [7, 11) is 1.48. The number of rotatable bonds is 2. The molecule has 78 valence electrons. The van der Waals surface area contributed by atoms with Crippen LogP contribution in [0.15, 0.2) is 10.5 Å². The molecule has 0 atom stereocenters. The summed E-state index contributed by atoms with van der Waals surface area (Å²) in [5, 5.41) is 29.1. The van der Waals surface area contributed by atoms with Crippen molar-refractivity contribution in [3.63, 3.8) is 0 Å². The van der Waals surface area contributed by atoms with E-state index >= 15 is 0 Å². The number of halogens is 1. The van der Waals surface area contributed by atoms with Crippen molar-refractivity contribution in [1.82, 2.24) is 5.06 Å².